The summed E-state index contributed by atoms with van der Waals surface area (Å²) in [7, 11) is 0. The van der Waals surface area contributed by atoms with Gasteiger partial charge in [0.15, 0.2) is 0 Å². The molecule has 1 amide bonds. The maximum Gasteiger partial charge on any atom is 0.221 e. The molecule has 1 aromatic carbocycles. The number of nitrogens with one attached hydrogen (secondary N) is 2. The third kappa shape index (κ3) is 6.05. The second-order valence-corrected chi connectivity index (χ2v) is 4.91. The summed E-state index contributed by atoms with van der Waals surface area (Å²) in [5.41, 5.74) is 0.959. The molecule has 2 N–H and O–H groups in total. The Bertz CT molecular complexity index is 476. The van der Waals surface area contributed by atoms with Gasteiger partial charge >= 0.3 is 0 Å². The van der Waals surface area contributed by atoms with Crippen LogP contribution in [-0.2, 0) is 16.1 Å². The van der Waals surface area contributed by atoms with Crippen LogP contribution in [0, 0.1) is 0 Å². The van der Waals surface area contributed by atoms with Crippen LogP contribution in [0.3, 0.4) is 0 Å². The molecule has 0 aliphatic carbocycles. The highest BCUT2D eigenvalue weighted by molar-refractivity contribution is 5.85. The first kappa shape index (κ1) is 18.5. The van der Waals surface area contributed by atoms with E-state index in [-0.39, 0.29) is 24.4 Å². The monoisotopic (exact) mass is 326 g/mol. The maximum absolute atomic E-state index is 11.9. The minimum absolute atomic E-state index is 0. The van der Waals surface area contributed by atoms with Crippen molar-refractivity contribution in [3.8, 4) is 5.75 Å². The molecule has 0 aromatic heterocycles. The zero-order valence-corrected chi connectivity index (χ0v) is 13.4. The number of carbonyl (C=O) groups is 1. The first-order valence-corrected chi connectivity index (χ1v) is 7.19. The molecule has 0 radical (unpaired) electrons. The van der Waals surface area contributed by atoms with Gasteiger partial charge in [-0.05, 0) is 6.07 Å². The van der Waals surface area contributed by atoms with E-state index in [1.807, 2.05) is 24.3 Å². The lowest BCUT2D eigenvalue weighted by atomic mass is 10.1. The van der Waals surface area contributed by atoms with Crippen molar-refractivity contribution in [1.29, 1.82) is 0 Å². The number of morpholine rings is 1. The minimum Gasteiger partial charge on any atom is -0.489 e. The number of hydrogen-bond donors (Lipinski definition) is 2. The van der Waals surface area contributed by atoms with Gasteiger partial charge in [-0.3, -0.25) is 4.79 Å². The fourth-order valence-electron chi connectivity index (χ4n) is 2.18. The van der Waals surface area contributed by atoms with E-state index in [9.17, 15) is 4.79 Å². The molecular formula is C16H23ClN2O3. The lowest BCUT2D eigenvalue weighted by Gasteiger charge is -2.23. The first-order chi connectivity index (χ1) is 10.3. The van der Waals surface area contributed by atoms with Gasteiger partial charge in [-0.2, -0.15) is 0 Å². The van der Waals surface area contributed by atoms with Crippen molar-refractivity contribution in [3.63, 3.8) is 0 Å². The average molecular weight is 327 g/mol. The van der Waals surface area contributed by atoms with E-state index in [0.717, 1.165) is 17.9 Å². The summed E-state index contributed by atoms with van der Waals surface area (Å²) in [6.07, 6.45) is 2.12. The number of hydrogen-bond acceptors (Lipinski definition) is 4. The third-order valence-corrected chi connectivity index (χ3v) is 3.24. The number of benzene rings is 1. The molecule has 1 aromatic rings. The molecule has 0 spiro atoms. The minimum atomic E-state index is 0. The van der Waals surface area contributed by atoms with Crippen molar-refractivity contribution in [3.05, 3.63) is 42.5 Å². The highest BCUT2D eigenvalue weighted by Gasteiger charge is 2.16. The number of rotatable bonds is 7. The van der Waals surface area contributed by atoms with Gasteiger partial charge in [0.25, 0.3) is 0 Å². The predicted molar refractivity (Wildman–Crippen MR) is 88.5 cm³/mol. The number of halogens is 1. The SMILES string of the molecule is C=CCOc1ccccc1CNC(=O)CC1COCCN1.Cl. The highest BCUT2D eigenvalue weighted by atomic mass is 35.5. The molecule has 1 aliphatic rings. The molecule has 2 rings (SSSR count). The molecule has 6 heteroatoms. The van der Waals surface area contributed by atoms with E-state index in [0.29, 0.717) is 32.8 Å². The van der Waals surface area contributed by atoms with Crippen LogP contribution < -0.4 is 15.4 Å². The number of amides is 1. The second-order valence-electron chi connectivity index (χ2n) is 4.91. The molecule has 1 atom stereocenters. The van der Waals surface area contributed by atoms with Crippen LogP contribution in [0.4, 0.5) is 0 Å². The van der Waals surface area contributed by atoms with Crippen molar-refractivity contribution >= 4 is 18.3 Å². The molecule has 1 aliphatic heterocycles. The van der Waals surface area contributed by atoms with Crippen LogP contribution in [0.25, 0.3) is 0 Å². The second kappa shape index (κ2) is 10.2. The van der Waals surface area contributed by atoms with Crippen LogP contribution in [0.5, 0.6) is 5.75 Å². The molecule has 0 saturated carbocycles. The Morgan fingerprint density at radius 2 is 2.32 bits per heavy atom. The van der Waals surface area contributed by atoms with Crippen LogP contribution in [0.2, 0.25) is 0 Å². The summed E-state index contributed by atoms with van der Waals surface area (Å²) in [5.74, 6) is 0.786. The smallest absolute Gasteiger partial charge is 0.221 e. The van der Waals surface area contributed by atoms with E-state index in [1.165, 1.54) is 0 Å². The zero-order chi connectivity index (χ0) is 14.9. The van der Waals surface area contributed by atoms with E-state index in [1.54, 1.807) is 6.08 Å². The lowest BCUT2D eigenvalue weighted by Crippen LogP contribution is -2.44. The van der Waals surface area contributed by atoms with Gasteiger partial charge in [0.1, 0.15) is 12.4 Å². The van der Waals surface area contributed by atoms with E-state index < -0.39 is 0 Å². The van der Waals surface area contributed by atoms with Gasteiger partial charge in [0, 0.05) is 31.1 Å². The standard InChI is InChI=1S/C16H22N2O3.ClH/c1-2-8-21-15-6-4-3-5-13(15)11-18-16(19)10-14-12-20-9-7-17-14;/h2-6,14,17H,1,7-12H2,(H,18,19);1H. The quantitative estimate of drug-likeness (QED) is 0.748. The van der Waals surface area contributed by atoms with Gasteiger partial charge < -0.3 is 20.1 Å². The van der Waals surface area contributed by atoms with Crippen LogP contribution in [0.1, 0.15) is 12.0 Å². The van der Waals surface area contributed by atoms with Crippen molar-refractivity contribution < 1.29 is 14.3 Å². The van der Waals surface area contributed by atoms with Crippen molar-refractivity contribution in [1.82, 2.24) is 10.6 Å². The van der Waals surface area contributed by atoms with E-state index in [2.05, 4.69) is 17.2 Å². The Hall–Kier alpha value is -1.56. The number of carbonyl (C=O) groups excluding carboxylic acids is 1. The van der Waals surface area contributed by atoms with E-state index in [4.69, 9.17) is 9.47 Å². The predicted octanol–water partition coefficient (Wildman–Crippen LogP) is 1.67. The summed E-state index contributed by atoms with van der Waals surface area (Å²) in [6, 6.07) is 7.78. The summed E-state index contributed by atoms with van der Waals surface area (Å²) in [5, 5.41) is 6.19. The largest absolute Gasteiger partial charge is 0.489 e. The Kier molecular flexibility index (Phi) is 8.58. The maximum atomic E-state index is 11.9. The molecule has 22 heavy (non-hydrogen) atoms. The summed E-state index contributed by atoms with van der Waals surface area (Å²) in [6.45, 7) is 6.65. The van der Waals surface area contributed by atoms with Gasteiger partial charge in [-0.15, -0.1) is 12.4 Å². The zero-order valence-electron chi connectivity index (χ0n) is 12.5. The Morgan fingerprint density at radius 3 is 3.05 bits per heavy atom. The van der Waals surface area contributed by atoms with Crippen molar-refractivity contribution in [2.75, 3.05) is 26.4 Å². The Labute approximate surface area is 137 Å². The van der Waals surface area contributed by atoms with Gasteiger partial charge in [0.05, 0.1) is 13.2 Å². The Morgan fingerprint density at radius 1 is 1.50 bits per heavy atom. The average Bonchev–Trinajstić information content (AvgIpc) is 2.52. The topological polar surface area (TPSA) is 59.6 Å². The van der Waals surface area contributed by atoms with Gasteiger partial charge in [0.2, 0.25) is 5.91 Å². The fourth-order valence-corrected chi connectivity index (χ4v) is 2.18. The molecule has 1 saturated heterocycles. The summed E-state index contributed by atoms with van der Waals surface area (Å²) in [4.78, 5) is 11.9. The fraction of sp³-hybridized carbons (Fsp3) is 0.438. The van der Waals surface area contributed by atoms with Crippen molar-refractivity contribution in [2.45, 2.75) is 19.0 Å². The van der Waals surface area contributed by atoms with Crippen molar-refractivity contribution in [2.24, 2.45) is 0 Å². The first-order valence-electron chi connectivity index (χ1n) is 7.19. The van der Waals surface area contributed by atoms with Gasteiger partial charge in [-0.25, -0.2) is 0 Å². The van der Waals surface area contributed by atoms with Gasteiger partial charge in [-0.1, -0.05) is 30.9 Å². The van der Waals surface area contributed by atoms with Crippen LogP contribution in [0.15, 0.2) is 36.9 Å². The normalized spacial score (nSPS) is 17.2. The molecule has 1 heterocycles. The number of para-hydroxylation sites is 1. The molecule has 1 fully saturated rings. The Balaban J connectivity index is 0.00000242. The molecular weight excluding hydrogens is 304 g/mol. The molecule has 122 valence electrons. The summed E-state index contributed by atoms with van der Waals surface area (Å²) >= 11 is 0. The highest BCUT2D eigenvalue weighted by Crippen LogP contribution is 2.17. The van der Waals surface area contributed by atoms with Crippen LogP contribution >= 0.6 is 12.4 Å². The molecule has 1 unspecified atom stereocenters. The van der Waals surface area contributed by atoms with Crippen LogP contribution in [-0.4, -0.2) is 38.3 Å². The molecule has 5 nitrogen and oxygen atoms in total. The number of ether oxygens (including phenoxy) is 2. The van der Waals surface area contributed by atoms with E-state index >= 15 is 0 Å². The summed E-state index contributed by atoms with van der Waals surface area (Å²) < 4.78 is 10.9. The molecule has 0 bridgehead atoms. The third-order valence-electron chi connectivity index (χ3n) is 3.24. The lowest BCUT2D eigenvalue weighted by molar-refractivity contribution is -0.122.